The maximum Gasteiger partial charge on any atom is 0.472 e. The van der Waals surface area contributed by atoms with E-state index in [2.05, 4.69) is 103 Å². The molecule has 0 bridgehead atoms. The number of hydrogen-bond donors (Lipinski definition) is 3. The third-order valence-electron chi connectivity index (χ3n) is 7.80. The van der Waals surface area contributed by atoms with Crippen molar-refractivity contribution in [2.45, 2.75) is 129 Å². The first-order valence-electron chi connectivity index (χ1n) is 20.6. The second-order valence-corrected chi connectivity index (χ2v) is 14.5. The summed E-state index contributed by atoms with van der Waals surface area (Å²) < 4.78 is 32.5. The van der Waals surface area contributed by atoms with Gasteiger partial charge < -0.3 is 25.2 Å². The molecular formula is C46H70NO10P. The molecule has 2 unspecified atom stereocenters. The predicted octanol–water partition coefficient (Wildman–Crippen LogP) is 10.8. The molecule has 0 spiro atoms. The summed E-state index contributed by atoms with van der Waals surface area (Å²) in [7, 11) is -4.75. The molecule has 4 N–H and O–H groups in total. The predicted molar refractivity (Wildman–Crippen MR) is 235 cm³/mol. The van der Waals surface area contributed by atoms with Gasteiger partial charge in [-0.05, 0) is 83.5 Å². The maximum atomic E-state index is 12.6. The highest BCUT2D eigenvalue weighted by molar-refractivity contribution is 7.47. The van der Waals surface area contributed by atoms with E-state index in [4.69, 9.17) is 24.8 Å². The van der Waals surface area contributed by atoms with E-state index in [1.807, 2.05) is 36.5 Å². The summed E-state index contributed by atoms with van der Waals surface area (Å²) in [5, 5.41) is 8.88. The van der Waals surface area contributed by atoms with Crippen molar-refractivity contribution in [1.29, 1.82) is 0 Å². The van der Waals surface area contributed by atoms with E-state index in [0.717, 1.165) is 77.0 Å². The third kappa shape index (κ3) is 38.7. The van der Waals surface area contributed by atoms with Crippen molar-refractivity contribution in [3.63, 3.8) is 0 Å². The molecule has 58 heavy (non-hydrogen) atoms. The van der Waals surface area contributed by atoms with Crippen molar-refractivity contribution in [2.75, 3.05) is 19.8 Å². The Labute approximate surface area is 348 Å². The van der Waals surface area contributed by atoms with Crippen molar-refractivity contribution in [3.8, 4) is 0 Å². The lowest BCUT2D eigenvalue weighted by molar-refractivity contribution is -0.161. The molecule has 0 aliphatic rings. The quantitative estimate of drug-likeness (QED) is 0.0180. The molecule has 0 aromatic carbocycles. The Kier molecular flexibility index (Phi) is 36.9. The lowest BCUT2D eigenvalue weighted by Crippen LogP contribution is -2.34. The first-order valence-corrected chi connectivity index (χ1v) is 22.1. The van der Waals surface area contributed by atoms with Crippen LogP contribution in [0.4, 0.5) is 0 Å². The number of carbonyl (C=O) groups is 3. The number of carboxylic acids is 1. The van der Waals surface area contributed by atoms with Crippen LogP contribution < -0.4 is 5.73 Å². The van der Waals surface area contributed by atoms with Crippen LogP contribution in [0.1, 0.15) is 117 Å². The number of unbranched alkanes of at least 4 members (excludes halogenated alkanes) is 5. The summed E-state index contributed by atoms with van der Waals surface area (Å²) >= 11 is 0. The minimum Gasteiger partial charge on any atom is -0.480 e. The Morgan fingerprint density at radius 2 is 1.00 bits per heavy atom. The van der Waals surface area contributed by atoms with Gasteiger partial charge in [-0.2, -0.15) is 0 Å². The van der Waals surface area contributed by atoms with E-state index >= 15 is 0 Å². The van der Waals surface area contributed by atoms with Gasteiger partial charge in [-0.25, -0.2) is 4.57 Å². The normalized spacial score (nSPS) is 15.0. The van der Waals surface area contributed by atoms with E-state index < -0.39 is 57.7 Å². The lowest BCUT2D eigenvalue weighted by atomic mass is 10.1. The number of rotatable bonds is 36. The maximum absolute atomic E-state index is 12.6. The van der Waals surface area contributed by atoms with Crippen LogP contribution in [0.25, 0.3) is 0 Å². The molecule has 0 radical (unpaired) electrons. The van der Waals surface area contributed by atoms with Crippen molar-refractivity contribution in [1.82, 2.24) is 0 Å². The zero-order chi connectivity index (χ0) is 42.8. The van der Waals surface area contributed by atoms with Gasteiger partial charge in [0.1, 0.15) is 12.6 Å². The van der Waals surface area contributed by atoms with Gasteiger partial charge in [-0.3, -0.25) is 23.4 Å². The SMILES string of the molecule is CC/C=C/C=C/C=C/C=C/CCCCCC(=O)OC(COC(=O)CCCC/C=C/C/C=C/C/C=C/C/C=C/C/C=C/C/C=C/CC)COP(=O)(O)OC[C@H](N)C(=O)O. The average molecular weight is 828 g/mol. The Morgan fingerprint density at radius 1 is 0.552 bits per heavy atom. The van der Waals surface area contributed by atoms with Crippen LogP contribution in [0.3, 0.4) is 0 Å². The van der Waals surface area contributed by atoms with Crippen LogP contribution in [-0.2, 0) is 37.5 Å². The summed E-state index contributed by atoms with van der Waals surface area (Å²) in [6, 6.07) is -1.54. The molecule has 0 rings (SSSR count). The second-order valence-electron chi connectivity index (χ2n) is 13.1. The highest BCUT2D eigenvalue weighted by Gasteiger charge is 2.28. The van der Waals surface area contributed by atoms with Crippen molar-refractivity contribution in [3.05, 3.63) is 122 Å². The Balaban J connectivity index is 4.53. The van der Waals surface area contributed by atoms with E-state index in [0.29, 0.717) is 12.8 Å². The minimum absolute atomic E-state index is 0.0967. The fourth-order valence-corrected chi connectivity index (χ4v) is 5.38. The number of ether oxygens (including phenoxy) is 2. The number of hydrogen-bond acceptors (Lipinski definition) is 9. The van der Waals surface area contributed by atoms with Crippen LogP contribution in [0, 0.1) is 0 Å². The first-order chi connectivity index (χ1) is 28.1. The van der Waals surface area contributed by atoms with E-state index in [1.165, 1.54) is 0 Å². The summed E-state index contributed by atoms with van der Waals surface area (Å²) in [6.45, 7) is 2.42. The second kappa shape index (κ2) is 39.7. The zero-order valence-electron chi connectivity index (χ0n) is 34.8. The highest BCUT2D eigenvalue weighted by Crippen LogP contribution is 2.43. The van der Waals surface area contributed by atoms with E-state index in [1.54, 1.807) is 0 Å². The fraction of sp³-hybridized carbons (Fsp3) is 0.500. The fourth-order valence-electron chi connectivity index (χ4n) is 4.60. The molecular weight excluding hydrogens is 757 g/mol. The molecule has 0 aliphatic heterocycles. The Morgan fingerprint density at radius 3 is 1.57 bits per heavy atom. The van der Waals surface area contributed by atoms with Gasteiger partial charge in [0.05, 0.1) is 13.2 Å². The Bertz CT molecular complexity index is 1440. The van der Waals surface area contributed by atoms with Gasteiger partial charge in [-0.15, -0.1) is 0 Å². The zero-order valence-corrected chi connectivity index (χ0v) is 35.7. The average Bonchev–Trinajstić information content (AvgIpc) is 3.20. The number of phosphoric acid groups is 1. The number of phosphoric ester groups is 1. The number of nitrogens with two attached hydrogens (primary N) is 1. The number of esters is 2. The molecule has 0 heterocycles. The standard InChI is InChI=1S/C46H70NO10P/c1-3-5-7-9-11-13-15-17-18-19-20-21-22-23-24-26-27-29-31-33-35-37-44(48)54-39-42(40-55-58(52,53)56-41-43(47)46(50)51)57-45(49)38-36-34-32-30-28-25-16-14-12-10-8-6-4-2/h5-8,10-14,16-18,20-21,23-25,27-29,42-43H,3-4,9,15,19,22,26,30-41,47H2,1-2H3,(H,50,51)(H,52,53)/b7-5+,8-6+,12-10+,13-11+,16-14+,18-17+,21-20+,24-23+,28-25+,29-27+/t42?,43-/m0/s1. The summed E-state index contributed by atoms with van der Waals surface area (Å²) in [5.74, 6) is -2.51. The molecule has 11 nitrogen and oxygen atoms in total. The number of allylic oxidation sites excluding steroid dienone is 20. The summed E-state index contributed by atoms with van der Waals surface area (Å²) in [6.07, 6.45) is 52.8. The summed E-state index contributed by atoms with van der Waals surface area (Å²) in [4.78, 5) is 45.9. The molecule has 0 aromatic rings. The number of carbonyl (C=O) groups excluding carboxylic acids is 2. The molecule has 0 saturated carbocycles. The Hall–Kier alpha value is -4.12. The molecule has 3 atom stereocenters. The van der Waals surface area contributed by atoms with Gasteiger partial charge in [0.2, 0.25) is 0 Å². The van der Waals surface area contributed by atoms with Gasteiger partial charge in [0, 0.05) is 12.8 Å². The van der Waals surface area contributed by atoms with Crippen molar-refractivity contribution < 1.29 is 47.5 Å². The summed E-state index contributed by atoms with van der Waals surface area (Å²) in [5.41, 5.74) is 5.32. The highest BCUT2D eigenvalue weighted by atomic mass is 31.2. The monoisotopic (exact) mass is 827 g/mol. The van der Waals surface area contributed by atoms with Gasteiger partial charge >= 0.3 is 25.7 Å². The molecule has 0 saturated heterocycles. The van der Waals surface area contributed by atoms with Gasteiger partial charge in [-0.1, -0.05) is 142 Å². The van der Waals surface area contributed by atoms with Crippen molar-refractivity contribution >= 4 is 25.7 Å². The van der Waals surface area contributed by atoms with E-state index in [9.17, 15) is 23.8 Å². The smallest absolute Gasteiger partial charge is 0.472 e. The van der Waals surface area contributed by atoms with Crippen LogP contribution in [-0.4, -0.2) is 59.9 Å². The molecule has 0 amide bonds. The van der Waals surface area contributed by atoms with Crippen LogP contribution >= 0.6 is 7.82 Å². The van der Waals surface area contributed by atoms with Crippen LogP contribution in [0.5, 0.6) is 0 Å². The van der Waals surface area contributed by atoms with Gasteiger partial charge in [0.25, 0.3) is 0 Å². The van der Waals surface area contributed by atoms with Crippen molar-refractivity contribution in [2.24, 2.45) is 5.73 Å². The molecule has 0 aromatic heterocycles. The third-order valence-corrected chi connectivity index (χ3v) is 8.75. The molecule has 0 aliphatic carbocycles. The van der Waals surface area contributed by atoms with Crippen LogP contribution in [0.2, 0.25) is 0 Å². The number of carboxylic acid groups (broad SMARTS) is 1. The molecule has 324 valence electrons. The largest absolute Gasteiger partial charge is 0.480 e. The molecule has 12 heteroatoms. The first kappa shape index (κ1) is 53.9. The van der Waals surface area contributed by atoms with Gasteiger partial charge in [0.15, 0.2) is 6.10 Å². The lowest BCUT2D eigenvalue weighted by Gasteiger charge is -2.20. The number of aliphatic carboxylic acids is 1. The topological polar surface area (TPSA) is 172 Å². The molecule has 0 fully saturated rings. The van der Waals surface area contributed by atoms with Crippen LogP contribution in [0.15, 0.2) is 122 Å². The van der Waals surface area contributed by atoms with E-state index in [-0.39, 0.29) is 12.8 Å². The minimum atomic E-state index is -4.75.